The molecule has 2 aromatic heterocycles. The second-order valence-corrected chi connectivity index (χ2v) is 5.79. The van der Waals surface area contributed by atoms with E-state index in [4.69, 9.17) is 0 Å². The van der Waals surface area contributed by atoms with Crippen LogP contribution in [0.1, 0.15) is 18.3 Å². The van der Waals surface area contributed by atoms with Crippen LogP contribution in [0.2, 0.25) is 0 Å². The molecule has 0 saturated heterocycles. The lowest BCUT2D eigenvalue weighted by Crippen LogP contribution is -2.26. The van der Waals surface area contributed by atoms with Crippen LogP contribution in [0.25, 0.3) is 0 Å². The predicted molar refractivity (Wildman–Crippen MR) is 71.1 cm³/mol. The smallest absolute Gasteiger partial charge is 0.257 e. The van der Waals surface area contributed by atoms with Gasteiger partial charge in [-0.25, -0.2) is 18.1 Å². The second kappa shape index (κ2) is 5.94. The van der Waals surface area contributed by atoms with Gasteiger partial charge in [0.05, 0.1) is 6.20 Å². The number of hydrogen-bond acceptors (Lipinski definition) is 4. The van der Waals surface area contributed by atoms with E-state index in [2.05, 4.69) is 19.7 Å². The Morgan fingerprint density at radius 3 is 2.68 bits per heavy atom. The van der Waals surface area contributed by atoms with Crippen LogP contribution in [-0.4, -0.2) is 29.9 Å². The van der Waals surface area contributed by atoms with E-state index in [1.54, 1.807) is 12.4 Å². The third-order valence-electron chi connectivity index (χ3n) is 2.68. The molecule has 2 rings (SSSR count). The van der Waals surface area contributed by atoms with Crippen molar-refractivity contribution in [3.05, 3.63) is 42.1 Å². The normalized spacial score (nSPS) is 11.6. The standard InChI is InChI=1S/C12H16N4O2S/c1-2-11-14-9-12(16-11)19(17,18)15-8-5-10-3-6-13-7-4-10/h3-4,6-7,9,15H,2,5,8H2,1H3,(H,14,16). The number of sulfonamides is 1. The fraction of sp³-hybridized carbons (Fsp3) is 0.333. The Morgan fingerprint density at radius 2 is 2.05 bits per heavy atom. The molecule has 2 heterocycles. The third-order valence-corrected chi connectivity index (χ3v) is 4.06. The molecule has 2 aromatic rings. The molecule has 0 saturated carbocycles. The quantitative estimate of drug-likeness (QED) is 0.822. The van der Waals surface area contributed by atoms with Crippen molar-refractivity contribution in [3.63, 3.8) is 0 Å². The van der Waals surface area contributed by atoms with Crippen LogP contribution >= 0.6 is 0 Å². The van der Waals surface area contributed by atoms with Crippen LogP contribution in [-0.2, 0) is 22.9 Å². The number of H-pyrrole nitrogens is 1. The molecule has 0 aliphatic carbocycles. The molecule has 7 heteroatoms. The van der Waals surface area contributed by atoms with Gasteiger partial charge < -0.3 is 4.98 Å². The molecule has 0 atom stereocenters. The van der Waals surface area contributed by atoms with Gasteiger partial charge in [-0.3, -0.25) is 4.98 Å². The number of hydrogen-bond donors (Lipinski definition) is 2. The van der Waals surface area contributed by atoms with Gasteiger partial charge in [0.15, 0.2) is 5.03 Å². The summed E-state index contributed by atoms with van der Waals surface area (Å²) in [5, 5.41) is 0.110. The molecule has 0 aliphatic rings. The summed E-state index contributed by atoms with van der Waals surface area (Å²) < 4.78 is 26.5. The van der Waals surface area contributed by atoms with E-state index in [0.717, 1.165) is 5.56 Å². The summed E-state index contributed by atoms with van der Waals surface area (Å²) in [4.78, 5) is 10.7. The molecule has 0 bridgehead atoms. The minimum atomic E-state index is -3.50. The Balaban J connectivity index is 1.94. The highest BCUT2D eigenvalue weighted by molar-refractivity contribution is 7.89. The summed E-state index contributed by atoms with van der Waals surface area (Å²) in [5.41, 5.74) is 1.04. The van der Waals surface area contributed by atoms with Crippen LogP contribution in [0, 0.1) is 0 Å². The van der Waals surface area contributed by atoms with Gasteiger partial charge in [0.1, 0.15) is 5.82 Å². The summed E-state index contributed by atoms with van der Waals surface area (Å²) in [7, 11) is -3.50. The first-order chi connectivity index (χ1) is 9.12. The Labute approximate surface area is 112 Å². The van der Waals surface area contributed by atoms with Crippen molar-refractivity contribution in [2.75, 3.05) is 6.54 Å². The highest BCUT2D eigenvalue weighted by atomic mass is 32.2. The molecule has 19 heavy (non-hydrogen) atoms. The number of aryl methyl sites for hydroxylation is 1. The van der Waals surface area contributed by atoms with Gasteiger partial charge in [0.2, 0.25) is 0 Å². The van der Waals surface area contributed by atoms with Gasteiger partial charge in [-0.15, -0.1) is 0 Å². The molecule has 0 aliphatic heterocycles. The van der Waals surface area contributed by atoms with E-state index in [0.29, 0.717) is 25.2 Å². The zero-order valence-corrected chi connectivity index (χ0v) is 11.4. The molecule has 0 unspecified atom stereocenters. The molecule has 0 fully saturated rings. The Bertz CT molecular complexity index is 622. The number of aromatic amines is 1. The maximum Gasteiger partial charge on any atom is 0.257 e. The fourth-order valence-corrected chi connectivity index (χ4v) is 2.59. The first-order valence-corrected chi connectivity index (χ1v) is 7.52. The van der Waals surface area contributed by atoms with Crippen molar-refractivity contribution in [1.82, 2.24) is 19.7 Å². The van der Waals surface area contributed by atoms with Gasteiger partial charge in [-0.1, -0.05) is 6.92 Å². The average molecular weight is 280 g/mol. The third kappa shape index (κ3) is 3.62. The molecular formula is C12H16N4O2S. The lowest BCUT2D eigenvalue weighted by atomic mass is 10.2. The zero-order valence-electron chi connectivity index (χ0n) is 10.6. The molecule has 6 nitrogen and oxygen atoms in total. The number of nitrogens with zero attached hydrogens (tertiary/aromatic N) is 2. The van der Waals surface area contributed by atoms with Crippen LogP contribution in [0.4, 0.5) is 0 Å². The summed E-state index contributed by atoms with van der Waals surface area (Å²) >= 11 is 0. The first kappa shape index (κ1) is 13.7. The lowest BCUT2D eigenvalue weighted by molar-refractivity contribution is 0.578. The van der Waals surface area contributed by atoms with Crippen molar-refractivity contribution in [3.8, 4) is 0 Å². The van der Waals surface area contributed by atoms with Crippen LogP contribution < -0.4 is 4.72 Å². The monoisotopic (exact) mass is 280 g/mol. The molecule has 0 amide bonds. The molecule has 0 radical (unpaired) electrons. The topological polar surface area (TPSA) is 87.7 Å². The summed E-state index contributed by atoms with van der Waals surface area (Å²) in [6, 6.07) is 3.72. The minimum absolute atomic E-state index is 0.110. The fourth-order valence-electron chi connectivity index (χ4n) is 1.62. The van der Waals surface area contributed by atoms with E-state index in [9.17, 15) is 8.42 Å². The highest BCUT2D eigenvalue weighted by Crippen LogP contribution is 2.06. The predicted octanol–water partition coefficient (Wildman–Crippen LogP) is 0.888. The van der Waals surface area contributed by atoms with E-state index in [1.807, 2.05) is 19.1 Å². The second-order valence-electron chi connectivity index (χ2n) is 4.05. The Morgan fingerprint density at radius 1 is 1.32 bits per heavy atom. The average Bonchev–Trinajstić information content (AvgIpc) is 2.89. The van der Waals surface area contributed by atoms with E-state index >= 15 is 0 Å². The van der Waals surface area contributed by atoms with Crippen molar-refractivity contribution < 1.29 is 8.42 Å². The van der Waals surface area contributed by atoms with Gasteiger partial charge in [-0.05, 0) is 24.1 Å². The molecule has 0 spiro atoms. The van der Waals surface area contributed by atoms with E-state index in [1.165, 1.54) is 6.20 Å². The van der Waals surface area contributed by atoms with Gasteiger partial charge in [-0.2, -0.15) is 0 Å². The highest BCUT2D eigenvalue weighted by Gasteiger charge is 2.15. The molecule has 102 valence electrons. The van der Waals surface area contributed by atoms with Gasteiger partial charge in [0.25, 0.3) is 10.0 Å². The first-order valence-electron chi connectivity index (χ1n) is 6.04. The maximum atomic E-state index is 12.0. The van der Waals surface area contributed by atoms with E-state index < -0.39 is 10.0 Å². The number of aromatic nitrogens is 3. The zero-order chi connectivity index (χ0) is 13.7. The minimum Gasteiger partial charge on any atom is -0.332 e. The number of pyridine rings is 1. The molecule has 0 aromatic carbocycles. The Kier molecular flexibility index (Phi) is 4.28. The summed E-state index contributed by atoms with van der Waals surface area (Å²) in [5.74, 6) is 0.662. The van der Waals surface area contributed by atoms with Crippen molar-refractivity contribution in [2.45, 2.75) is 24.8 Å². The van der Waals surface area contributed by atoms with E-state index in [-0.39, 0.29) is 5.03 Å². The summed E-state index contributed by atoms with van der Waals surface area (Å²) in [6.07, 6.45) is 6.01. The number of imidazole rings is 1. The van der Waals surface area contributed by atoms with Crippen molar-refractivity contribution >= 4 is 10.0 Å². The SMILES string of the molecule is CCc1ncc(S(=O)(=O)NCCc2ccncc2)[nH]1. The van der Waals surface area contributed by atoms with Crippen LogP contribution in [0.5, 0.6) is 0 Å². The number of rotatable bonds is 6. The molecular weight excluding hydrogens is 264 g/mol. The van der Waals surface area contributed by atoms with Crippen LogP contribution in [0.3, 0.4) is 0 Å². The molecule has 2 N–H and O–H groups in total. The summed E-state index contributed by atoms with van der Waals surface area (Å²) in [6.45, 7) is 2.25. The number of nitrogens with one attached hydrogen (secondary N) is 2. The Hall–Kier alpha value is -1.73. The van der Waals surface area contributed by atoms with Gasteiger partial charge >= 0.3 is 0 Å². The maximum absolute atomic E-state index is 12.0. The van der Waals surface area contributed by atoms with Gasteiger partial charge in [0, 0.05) is 25.4 Å². The van der Waals surface area contributed by atoms with Crippen molar-refractivity contribution in [1.29, 1.82) is 0 Å². The largest absolute Gasteiger partial charge is 0.332 e. The van der Waals surface area contributed by atoms with Crippen LogP contribution in [0.15, 0.2) is 35.7 Å². The van der Waals surface area contributed by atoms with Crippen molar-refractivity contribution in [2.24, 2.45) is 0 Å². The lowest BCUT2D eigenvalue weighted by Gasteiger charge is -2.04.